The van der Waals surface area contributed by atoms with E-state index >= 15 is 0 Å². The molecule has 1 aliphatic heterocycles. The van der Waals surface area contributed by atoms with E-state index in [1.54, 1.807) is 0 Å². The van der Waals surface area contributed by atoms with E-state index < -0.39 is 74.1 Å². The molecule has 4 atom stereocenters. The van der Waals surface area contributed by atoms with Gasteiger partial charge in [0.15, 0.2) is 5.78 Å². The Morgan fingerprint density at radius 2 is 1.66 bits per heavy atom. The maximum atomic E-state index is 12.7. The van der Waals surface area contributed by atoms with Gasteiger partial charge in [-0.05, 0) is 32.3 Å². The first-order valence-corrected chi connectivity index (χ1v) is 13.3. The number of carbonyl (C=O) groups is 5. The van der Waals surface area contributed by atoms with Crippen LogP contribution in [0.15, 0.2) is 30.3 Å². The van der Waals surface area contributed by atoms with Crippen molar-refractivity contribution in [3.05, 3.63) is 35.9 Å². The van der Waals surface area contributed by atoms with Crippen LogP contribution in [0.1, 0.15) is 32.8 Å². The number of hydrogen-bond donors (Lipinski definition) is 6. The van der Waals surface area contributed by atoms with Gasteiger partial charge in [0, 0.05) is 6.92 Å². The molecule has 0 unspecified atom stereocenters. The maximum Gasteiger partial charge on any atom is 0.469 e. The molecule has 14 nitrogen and oxygen atoms in total. The third-order valence-electron chi connectivity index (χ3n) is 5.64. The van der Waals surface area contributed by atoms with E-state index in [0.717, 1.165) is 12.5 Å². The zero-order valence-electron chi connectivity index (χ0n) is 21.3. The lowest BCUT2D eigenvalue weighted by Gasteiger charge is -2.25. The number of rotatable bonds is 15. The lowest BCUT2D eigenvalue weighted by Crippen LogP contribution is -2.56. The van der Waals surface area contributed by atoms with Crippen molar-refractivity contribution in [2.24, 2.45) is 0 Å². The van der Waals surface area contributed by atoms with Crippen LogP contribution in [0.2, 0.25) is 0 Å². The second-order valence-electron chi connectivity index (χ2n) is 9.00. The lowest BCUT2D eigenvalue weighted by atomic mass is 10.0. The van der Waals surface area contributed by atoms with Crippen LogP contribution in [-0.2, 0) is 44.2 Å². The molecule has 0 bridgehead atoms. The summed E-state index contributed by atoms with van der Waals surface area (Å²) in [6.07, 6.45) is -0.768. The first-order valence-electron chi connectivity index (χ1n) is 11.8. The summed E-state index contributed by atoms with van der Waals surface area (Å²) in [7, 11) is -5.03. The van der Waals surface area contributed by atoms with Gasteiger partial charge in [0.25, 0.3) is 0 Å². The van der Waals surface area contributed by atoms with Gasteiger partial charge >= 0.3 is 7.82 Å². The summed E-state index contributed by atoms with van der Waals surface area (Å²) in [5, 5.41) is 9.43. The number of phosphoric ester groups is 1. The quantitative estimate of drug-likeness (QED) is 0.111. The largest absolute Gasteiger partial charge is 0.469 e. The fourth-order valence-electron chi connectivity index (χ4n) is 3.39. The maximum absolute atomic E-state index is 12.7. The molecule has 1 heterocycles. The fraction of sp³-hybridized carbons (Fsp3) is 0.522. The summed E-state index contributed by atoms with van der Waals surface area (Å²) in [5.41, 5.74) is -0.0584. The Morgan fingerprint density at radius 3 is 2.21 bits per heavy atom. The molecule has 2 rings (SSSR count). The Kier molecular flexibility index (Phi) is 11.1. The predicted molar refractivity (Wildman–Crippen MR) is 132 cm³/mol. The molecule has 0 radical (unpaired) electrons. The zero-order chi connectivity index (χ0) is 28.5. The van der Waals surface area contributed by atoms with E-state index in [-0.39, 0.29) is 13.0 Å². The minimum Gasteiger partial charge on any atom is -0.362 e. The fourth-order valence-corrected chi connectivity index (χ4v) is 3.95. The molecule has 1 aliphatic rings. The Balaban J connectivity index is 1.97. The molecular formula is C23H33N4O10P. The SMILES string of the molecule is CC(=O)N[C@@H](CCc1ccccc1)C(=O)NCC(=O)N[C@H](C(=O)NCC(=O)[C@@]1(C)CO1)[C@@H](C)OP(=O)(O)O. The van der Waals surface area contributed by atoms with Crippen molar-refractivity contribution in [2.45, 2.75) is 57.4 Å². The zero-order valence-corrected chi connectivity index (χ0v) is 22.2. The minimum atomic E-state index is -5.03. The topological polar surface area (TPSA) is 213 Å². The number of carbonyl (C=O) groups excluding carboxylic acids is 5. The summed E-state index contributed by atoms with van der Waals surface area (Å²) >= 11 is 0. The number of epoxide rings is 1. The first-order chi connectivity index (χ1) is 17.7. The van der Waals surface area contributed by atoms with Crippen LogP contribution in [0.3, 0.4) is 0 Å². The third-order valence-corrected chi connectivity index (χ3v) is 6.25. The van der Waals surface area contributed by atoms with E-state index in [4.69, 9.17) is 14.5 Å². The van der Waals surface area contributed by atoms with Crippen LogP contribution >= 0.6 is 7.82 Å². The van der Waals surface area contributed by atoms with Gasteiger partial charge in [0.2, 0.25) is 23.6 Å². The second kappa shape index (κ2) is 13.6. The molecule has 15 heteroatoms. The Bertz CT molecular complexity index is 1070. The summed E-state index contributed by atoms with van der Waals surface area (Å²) in [6.45, 7) is 3.08. The molecule has 1 aromatic rings. The van der Waals surface area contributed by atoms with Crippen LogP contribution in [-0.4, -0.2) is 82.7 Å². The minimum absolute atomic E-state index is 0.199. The van der Waals surface area contributed by atoms with Crippen molar-refractivity contribution >= 4 is 37.2 Å². The molecule has 0 aliphatic carbocycles. The van der Waals surface area contributed by atoms with Crippen molar-refractivity contribution in [3.8, 4) is 0 Å². The van der Waals surface area contributed by atoms with Gasteiger partial charge < -0.3 is 35.8 Å². The van der Waals surface area contributed by atoms with Crippen LogP contribution < -0.4 is 21.3 Å². The predicted octanol–water partition coefficient (Wildman–Crippen LogP) is -1.30. The average Bonchev–Trinajstić information content (AvgIpc) is 3.59. The molecule has 0 spiro atoms. The number of amides is 4. The number of benzene rings is 1. The molecule has 6 N–H and O–H groups in total. The summed E-state index contributed by atoms with van der Waals surface area (Å²) in [4.78, 5) is 79.7. The summed E-state index contributed by atoms with van der Waals surface area (Å²) < 4.78 is 20.8. The number of hydrogen-bond acceptors (Lipinski definition) is 8. The molecule has 0 aromatic heterocycles. The highest BCUT2D eigenvalue weighted by molar-refractivity contribution is 7.46. The van der Waals surface area contributed by atoms with Gasteiger partial charge in [-0.1, -0.05) is 30.3 Å². The van der Waals surface area contributed by atoms with Crippen LogP contribution in [0.5, 0.6) is 0 Å². The molecule has 210 valence electrons. The van der Waals surface area contributed by atoms with Crippen molar-refractivity contribution < 1.29 is 47.6 Å². The van der Waals surface area contributed by atoms with Crippen molar-refractivity contribution in [2.75, 3.05) is 19.7 Å². The monoisotopic (exact) mass is 556 g/mol. The number of aryl methyl sites for hydroxylation is 1. The smallest absolute Gasteiger partial charge is 0.362 e. The van der Waals surface area contributed by atoms with Gasteiger partial charge in [-0.15, -0.1) is 0 Å². The average molecular weight is 557 g/mol. The van der Waals surface area contributed by atoms with E-state index in [0.29, 0.717) is 6.42 Å². The Hall–Kier alpha value is -3.16. The summed E-state index contributed by atoms with van der Waals surface area (Å²) in [6, 6.07) is 6.71. The van der Waals surface area contributed by atoms with E-state index in [2.05, 4.69) is 25.8 Å². The summed E-state index contributed by atoms with van der Waals surface area (Å²) in [5.74, 6) is -3.33. The number of Topliss-reactive ketones (excluding diaryl/α,β-unsaturated/α-hetero) is 1. The molecule has 0 saturated carbocycles. The number of ketones is 1. The molecule has 1 fully saturated rings. The van der Waals surface area contributed by atoms with Crippen LogP contribution in [0, 0.1) is 0 Å². The number of phosphoric acid groups is 1. The molecule has 1 aromatic carbocycles. The number of ether oxygens (including phenoxy) is 1. The Labute approximate surface area is 219 Å². The molecule has 38 heavy (non-hydrogen) atoms. The highest BCUT2D eigenvalue weighted by Gasteiger charge is 2.46. The van der Waals surface area contributed by atoms with Crippen molar-refractivity contribution in [1.82, 2.24) is 21.3 Å². The third kappa shape index (κ3) is 10.7. The molecule has 1 saturated heterocycles. The second-order valence-corrected chi connectivity index (χ2v) is 10.2. The van der Waals surface area contributed by atoms with Gasteiger partial charge in [-0.25, -0.2) is 4.57 Å². The number of nitrogens with one attached hydrogen (secondary N) is 4. The van der Waals surface area contributed by atoms with Crippen LogP contribution in [0.4, 0.5) is 0 Å². The lowest BCUT2D eigenvalue weighted by molar-refractivity contribution is -0.133. The Morgan fingerprint density at radius 1 is 1.05 bits per heavy atom. The normalized spacial score (nSPS) is 18.9. The molecule has 4 amide bonds. The van der Waals surface area contributed by atoms with E-state index in [9.17, 15) is 28.5 Å². The van der Waals surface area contributed by atoms with Crippen LogP contribution in [0.25, 0.3) is 0 Å². The highest BCUT2D eigenvalue weighted by Crippen LogP contribution is 2.38. The van der Waals surface area contributed by atoms with Gasteiger partial charge in [0.1, 0.15) is 17.7 Å². The van der Waals surface area contributed by atoms with E-state index in [1.807, 2.05) is 30.3 Å². The first kappa shape index (κ1) is 31.1. The highest BCUT2D eigenvalue weighted by atomic mass is 31.2. The van der Waals surface area contributed by atoms with Gasteiger partial charge in [-0.2, -0.15) is 0 Å². The van der Waals surface area contributed by atoms with Gasteiger partial charge in [-0.3, -0.25) is 28.5 Å². The molecular weight excluding hydrogens is 523 g/mol. The van der Waals surface area contributed by atoms with Crippen molar-refractivity contribution in [3.63, 3.8) is 0 Å². The standard InChI is InChI=1S/C23H33N4O10P/c1-14(37-38(33,34)35)20(22(32)24-11-18(29)23(3)13-36-23)27-19(30)12-25-21(31)17(26-15(2)28)10-9-16-7-5-4-6-8-16/h4-8,14,17,20H,9-13H2,1-3H3,(H,24,32)(H,25,31)(H,26,28)(H,27,30)(H2,33,34,35)/t14-,17+,20+,23-/m1/s1. The van der Waals surface area contributed by atoms with Gasteiger partial charge in [0.05, 0.1) is 25.8 Å². The van der Waals surface area contributed by atoms with E-state index in [1.165, 1.54) is 13.8 Å². The van der Waals surface area contributed by atoms with Crippen molar-refractivity contribution in [1.29, 1.82) is 0 Å².